The molecule has 0 aromatic heterocycles. The Morgan fingerprint density at radius 1 is 1.30 bits per heavy atom. The zero-order chi connectivity index (χ0) is 27.3. The number of aliphatic hydroxyl groups excluding tert-OH is 1. The Morgan fingerprint density at radius 2 is 2.00 bits per heavy atom. The first-order valence-electron chi connectivity index (χ1n) is 12.2. The maximum atomic E-state index is 12.9. The number of rotatable bonds is 7. The molecule has 1 aliphatic carbocycles. The number of esters is 2. The van der Waals surface area contributed by atoms with Gasteiger partial charge in [0.05, 0.1) is 24.5 Å². The molecule has 1 spiro atoms. The zero-order valence-electron chi connectivity index (χ0n) is 21.5. The van der Waals surface area contributed by atoms with Gasteiger partial charge < -0.3 is 39.2 Å². The second kappa shape index (κ2) is 9.62. The van der Waals surface area contributed by atoms with Gasteiger partial charge >= 0.3 is 17.9 Å². The number of nitrogens with zero attached hydrogens (tertiary/aromatic N) is 1. The van der Waals surface area contributed by atoms with E-state index in [9.17, 15) is 29.7 Å². The molecule has 1 saturated heterocycles. The van der Waals surface area contributed by atoms with Crippen molar-refractivity contribution in [2.24, 2.45) is 0 Å². The van der Waals surface area contributed by atoms with Crippen LogP contribution in [0.4, 0.5) is 0 Å². The predicted octanol–water partition coefficient (Wildman–Crippen LogP) is 1.06. The van der Waals surface area contributed by atoms with Crippen LogP contribution in [0.1, 0.15) is 44.2 Å². The molecule has 0 bridgehead atoms. The summed E-state index contributed by atoms with van der Waals surface area (Å²) >= 11 is 0. The Bertz CT molecular complexity index is 1150. The molecular formula is C26H33NO10. The highest BCUT2D eigenvalue weighted by atomic mass is 16.6. The number of aliphatic hydroxyl groups is 2. The molecular weight excluding hydrogens is 486 g/mol. The van der Waals surface area contributed by atoms with E-state index in [0.29, 0.717) is 24.5 Å². The number of carboxylic acid groups (broad SMARTS) is 1. The minimum atomic E-state index is -1.84. The van der Waals surface area contributed by atoms with Crippen LogP contribution in [-0.2, 0) is 29.3 Å². The van der Waals surface area contributed by atoms with Crippen LogP contribution >= 0.6 is 0 Å². The number of hydrogen-bond donors (Lipinski definition) is 3. The number of ether oxygens (including phenoxy) is 4. The first-order chi connectivity index (χ1) is 17.4. The first kappa shape index (κ1) is 26.9. The zero-order valence-corrected chi connectivity index (χ0v) is 21.5. The fourth-order valence-corrected chi connectivity index (χ4v) is 5.90. The highest BCUT2D eigenvalue weighted by Crippen LogP contribution is 2.62. The topological polar surface area (TPSA) is 152 Å². The molecule has 0 radical (unpaired) electrons. The van der Waals surface area contributed by atoms with Gasteiger partial charge in [-0.05, 0) is 58.5 Å². The van der Waals surface area contributed by atoms with Crippen LogP contribution < -0.4 is 9.47 Å². The number of carbonyl (C=O) groups is 3. The lowest BCUT2D eigenvalue weighted by atomic mass is 9.54. The number of methoxy groups -OCH3 is 1. The number of benzene rings is 1. The number of carbonyl (C=O) groups excluding carboxylic acids is 2. The van der Waals surface area contributed by atoms with Crippen molar-refractivity contribution < 1.29 is 48.7 Å². The Labute approximate surface area is 214 Å². The molecule has 37 heavy (non-hydrogen) atoms. The van der Waals surface area contributed by atoms with Crippen molar-refractivity contribution in [1.29, 1.82) is 0 Å². The number of hydrogen-bond acceptors (Lipinski definition) is 10. The fraction of sp³-hybridized carbons (Fsp3) is 0.577. The number of likely N-dealkylation sites (tertiary alicyclic amines) is 1. The molecule has 11 nitrogen and oxygen atoms in total. The minimum absolute atomic E-state index is 0.148. The third-order valence-electron chi connectivity index (χ3n) is 7.99. The van der Waals surface area contributed by atoms with Gasteiger partial charge in [-0.25, -0.2) is 9.59 Å². The summed E-state index contributed by atoms with van der Waals surface area (Å²) in [7, 11) is 3.47. The highest BCUT2D eigenvalue weighted by Gasteiger charge is 2.69. The van der Waals surface area contributed by atoms with Crippen LogP contribution in [0.5, 0.6) is 11.5 Å². The lowest BCUT2D eigenvalue weighted by Gasteiger charge is -2.58. The second-order valence-corrected chi connectivity index (χ2v) is 10.0. The summed E-state index contributed by atoms with van der Waals surface area (Å²) in [5.41, 5.74) is -0.519. The van der Waals surface area contributed by atoms with E-state index in [4.69, 9.17) is 18.9 Å². The third-order valence-corrected chi connectivity index (χ3v) is 7.99. The van der Waals surface area contributed by atoms with E-state index in [-0.39, 0.29) is 18.2 Å². The van der Waals surface area contributed by atoms with Crippen molar-refractivity contribution in [3.05, 3.63) is 35.1 Å². The Morgan fingerprint density at radius 3 is 2.62 bits per heavy atom. The fourth-order valence-electron chi connectivity index (χ4n) is 5.90. The second-order valence-electron chi connectivity index (χ2n) is 10.0. The van der Waals surface area contributed by atoms with Gasteiger partial charge in [0.2, 0.25) is 6.10 Å². The van der Waals surface area contributed by atoms with Gasteiger partial charge in [0.15, 0.2) is 17.6 Å². The standard InChI is InChI=1S/C26H33NO10/c1-13-6-7-16(34-5)21-20(13)25-10-11-27(4)15(3)26(25,33)9-8-17(22(25)37-21)35-19(29)12-18(23(30)31)36-24(32)14(2)28/h6-8,14-15,18,22,28,33H,9-12H2,1-5H3,(H,30,31)/t14-,15+,18-,22-,25-,26+/m0/s1. The van der Waals surface area contributed by atoms with E-state index >= 15 is 0 Å². The van der Waals surface area contributed by atoms with Crippen LogP contribution in [-0.4, -0.2) is 88.8 Å². The van der Waals surface area contributed by atoms with Gasteiger partial charge in [0.1, 0.15) is 11.9 Å². The van der Waals surface area contributed by atoms with Gasteiger partial charge in [0, 0.05) is 18.0 Å². The lowest BCUT2D eigenvalue weighted by Crippen LogP contribution is -2.71. The average molecular weight is 520 g/mol. The number of fused-ring (bicyclic) bond motifs is 1. The van der Waals surface area contributed by atoms with Gasteiger partial charge in [-0.3, -0.25) is 4.79 Å². The van der Waals surface area contributed by atoms with Crippen LogP contribution in [0, 0.1) is 6.92 Å². The summed E-state index contributed by atoms with van der Waals surface area (Å²) in [5.74, 6) is -2.57. The molecule has 0 unspecified atom stereocenters. The largest absolute Gasteiger partial charge is 0.493 e. The van der Waals surface area contributed by atoms with Crippen molar-refractivity contribution >= 4 is 17.9 Å². The smallest absolute Gasteiger partial charge is 0.345 e. The van der Waals surface area contributed by atoms with Crippen molar-refractivity contribution in [2.75, 3.05) is 20.7 Å². The van der Waals surface area contributed by atoms with Gasteiger partial charge in [0.25, 0.3) is 0 Å². The lowest BCUT2D eigenvalue weighted by molar-refractivity contribution is -0.174. The minimum Gasteiger partial charge on any atom is -0.493 e. The molecule has 202 valence electrons. The molecule has 0 amide bonds. The van der Waals surface area contributed by atoms with Crippen LogP contribution in [0.2, 0.25) is 0 Å². The molecule has 1 aromatic carbocycles. The number of carboxylic acids is 1. The Balaban J connectivity index is 1.70. The molecule has 3 N–H and O–H groups in total. The summed E-state index contributed by atoms with van der Waals surface area (Å²) in [4.78, 5) is 38.2. The van der Waals surface area contributed by atoms with Gasteiger partial charge in [-0.15, -0.1) is 0 Å². The normalized spacial score (nSPS) is 30.0. The van der Waals surface area contributed by atoms with E-state index < -0.39 is 53.7 Å². The van der Waals surface area contributed by atoms with E-state index in [1.807, 2.05) is 27.0 Å². The molecule has 3 aliphatic rings. The monoisotopic (exact) mass is 519 g/mol. The van der Waals surface area contributed by atoms with Crippen molar-refractivity contribution in [3.8, 4) is 11.5 Å². The number of piperidine rings is 1. The molecule has 2 heterocycles. The van der Waals surface area contributed by atoms with Crippen molar-refractivity contribution in [1.82, 2.24) is 4.90 Å². The molecule has 0 saturated carbocycles. The molecule has 11 heteroatoms. The van der Waals surface area contributed by atoms with Gasteiger partial charge in [-0.1, -0.05) is 6.07 Å². The van der Waals surface area contributed by atoms with Crippen molar-refractivity contribution in [3.63, 3.8) is 0 Å². The maximum Gasteiger partial charge on any atom is 0.345 e. The molecule has 1 aromatic rings. The predicted molar refractivity (Wildman–Crippen MR) is 128 cm³/mol. The Kier molecular flexibility index (Phi) is 7.00. The summed E-state index contributed by atoms with van der Waals surface area (Å²) < 4.78 is 22.3. The van der Waals surface area contributed by atoms with Crippen LogP contribution in [0.15, 0.2) is 24.0 Å². The van der Waals surface area contributed by atoms with E-state index in [2.05, 4.69) is 4.90 Å². The average Bonchev–Trinajstić information content (AvgIpc) is 3.20. The molecule has 4 rings (SSSR count). The summed E-state index contributed by atoms with van der Waals surface area (Å²) in [6.07, 6.45) is -2.76. The quantitative estimate of drug-likeness (QED) is 0.443. The SMILES string of the molecule is COc1ccc(C)c2c1O[C@H]1C(OC(=O)C[C@H](OC(=O)[C@H](C)O)C(=O)O)=CC[C@@]3(O)[C@@H](C)N(C)CC[C@]213. The summed E-state index contributed by atoms with van der Waals surface area (Å²) in [6.45, 7) is 5.66. The third kappa shape index (κ3) is 4.14. The summed E-state index contributed by atoms with van der Waals surface area (Å²) in [5, 5.41) is 31.0. The Hall–Kier alpha value is -3.15. The van der Waals surface area contributed by atoms with Crippen LogP contribution in [0.3, 0.4) is 0 Å². The maximum absolute atomic E-state index is 12.9. The van der Waals surface area contributed by atoms with Gasteiger partial charge in [-0.2, -0.15) is 0 Å². The summed E-state index contributed by atoms with van der Waals surface area (Å²) in [6, 6.07) is 3.43. The van der Waals surface area contributed by atoms with E-state index in [1.165, 1.54) is 7.11 Å². The van der Waals surface area contributed by atoms with E-state index in [0.717, 1.165) is 18.1 Å². The van der Waals surface area contributed by atoms with Crippen LogP contribution in [0.25, 0.3) is 0 Å². The van der Waals surface area contributed by atoms with E-state index in [1.54, 1.807) is 12.1 Å². The number of aryl methyl sites for hydroxylation is 1. The molecule has 1 fully saturated rings. The number of likely N-dealkylation sites (N-methyl/N-ethyl adjacent to an activating group) is 1. The number of aliphatic carboxylic acids is 1. The highest BCUT2D eigenvalue weighted by molar-refractivity contribution is 5.84. The van der Waals surface area contributed by atoms with Crippen molar-refractivity contribution in [2.45, 2.75) is 75.4 Å². The molecule has 6 atom stereocenters. The molecule has 2 aliphatic heterocycles. The first-order valence-corrected chi connectivity index (χ1v) is 12.2.